The normalized spacial score (nSPS) is 15.0. The molecule has 1 aliphatic carbocycles. The van der Waals surface area contributed by atoms with E-state index >= 15 is 0 Å². The number of benzene rings is 2. The van der Waals surface area contributed by atoms with Gasteiger partial charge in [-0.3, -0.25) is 9.59 Å². The lowest BCUT2D eigenvalue weighted by atomic mass is 10.1. The van der Waals surface area contributed by atoms with Crippen molar-refractivity contribution in [3.05, 3.63) is 64.7 Å². The average Bonchev–Trinajstić information content (AvgIpc) is 3.00. The molecule has 1 aliphatic rings. The molecular formula is C16H9NO2S. The third kappa shape index (κ3) is 1.48. The quantitative estimate of drug-likeness (QED) is 0.641. The van der Waals surface area contributed by atoms with Gasteiger partial charge in [-0.15, -0.1) is 11.3 Å². The maximum Gasteiger partial charge on any atom is 0.181 e. The third-order valence-corrected chi connectivity index (χ3v) is 4.64. The van der Waals surface area contributed by atoms with Crippen LogP contribution in [0, 0.1) is 0 Å². The fourth-order valence-corrected chi connectivity index (χ4v) is 3.65. The van der Waals surface area contributed by atoms with Crippen molar-refractivity contribution in [1.82, 2.24) is 4.98 Å². The molecule has 0 atom stereocenters. The number of aromatic nitrogens is 1. The molecule has 0 fully saturated rings. The Morgan fingerprint density at radius 3 is 2.10 bits per heavy atom. The molecule has 4 rings (SSSR count). The summed E-state index contributed by atoms with van der Waals surface area (Å²) < 4.78 is 0.999. The lowest BCUT2D eigenvalue weighted by Crippen LogP contribution is -2.12. The molecular weight excluding hydrogens is 270 g/mol. The molecule has 0 saturated carbocycles. The first-order chi connectivity index (χ1) is 9.75. The van der Waals surface area contributed by atoms with Crippen molar-refractivity contribution < 1.29 is 9.59 Å². The Morgan fingerprint density at radius 2 is 1.45 bits per heavy atom. The molecule has 3 aromatic rings. The van der Waals surface area contributed by atoms with Crippen molar-refractivity contribution in [3.8, 4) is 0 Å². The number of ketones is 2. The Kier molecular flexibility index (Phi) is 2.35. The van der Waals surface area contributed by atoms with Crippen LogP contribution in [0.2, 0.25) is 0 Å². The SMILES string of the molecule is O=C1c2ccccc2C(=O)C1c1nc2ccccc2s1. The Balaban J connectivity index is 1.88. The second kappa shape index (κ2) is 4.08. The molecule has 0 N–H and O–H groups in total. The number of rotatable bonds is 1. The van der Waals surface area contributed by atoms with Crippen LogP contribution in [0.1, 0.15) is 31.6 Å². The van der Waals surface area contributed by atoms with Crippen LogP contribution in [0.4, 0.5) is 0 Å². The Bertz CT molecular complexity index is 798. The van der Waals surface area contributed by atoms with Crippen molar-refractivity contribution in [2.75, 3.05) is 0 Å². The molecule has 4 heteroatoms. The number of hydrogen-bond donors (Lipinski definition) is 0. The number of Topliss-reactive ketones (excluding diaryl/α,β-unsaturated/α-hetero) is 2. The summed E-state index contributed by atoms with van der Waals surface area (Å²) in [7, 11) is 0. The highest BCUT2D eigenvalue weighted by atomic mass is 32.1. The maximum absolute atomic E-state index is 12.4. The van der Waals surface area contributed by atoms with Crippen LogP contribution in [-0.2, 0) is 0 Å². The van der Waals surface area contributed by atoms with Crippen molar-refractivity contribution in [3.63, 3.8) is 0 Å². The van der Waals surface area contributed by atoms with Crippen LogP contribution in [0.25, 0.3) is 10.2 Å². The Labute approximate surface area is 118 Å². The average molecular weight is 279 g/mol. The molecule has 0 radical (unpaired) electrons. The monoisotopic (exact) mass is 279 g/mol. The molecule has 0 aliphatic heterocycles. The largest absolute Gasteiger partial charge is 0.293 e. The van der Waals surface area contributed by atoms with Crippen LogP contribution < -0.4 is 0 Å². The van der Waals surface area contributed by atoms with E-state index in [9.17, 15) is 9.59 Å². The molecule has 1 heterocycles. The maximum atomic E-state index is 12.4. The van der Waals surface area contributed by atoms with Gasteiger partial charge >= 0.3 is 0 Å². The van der Waals surface area contributed by atoms with Crippen molar-refractivity contribution >= 4 is 33.1 Å². The van der Waals surface area contributed by atoms with Crippen LogP contribution in [0.5, 0.6) is 0 Å². The summed E-state index contributed by atoms with van der Waals surface area (Å²) >= 11 is 1.42. The highest BCUT2D eigenvalue weighted by molar-refractivity contribution is 7.18. The van der Waals surface area contributed by atoms with Gasteiger partial charge in [0.1, 0.15) is 10.9 Å². The van der Waals surface area contributed by atoms with Crippen molar-refractivity contribution in [1.29, 1.82) is 0 Å². The van der Waals surface area contributed by atoms with E-state index in [0.29, 0.717) is 16.1 Å². The fourth-order valence-electron chi connectivity index (χ4n) is 2.58. The minimum absolute atomic E-state index is 0.135. The van der Waals surface area contributed by atoms with E-state index in [0.717, 1.165) is 10.2 Å². The van der Waals surface area contributed by atoms with E-state index in [4.69, 9.17) is 0 Å². The fraction of sp³-hybridized carbons (Fsp3) is 0.0625. The second-order valence-electron chi connectivity index (χ2n) is 4.73. The van der Waals surface area contributed by atoms with Gasteiger partial charge in [0.2, 0.25) is 0 Å². The molecule has 0 unspecified atom stereocenters. The first-order valence-corrected chi connectivity index (χ1v) is 7.10. The standard InChI is InChI=1S/C16H9NO2S/c18-14-9-5-1-2-6-10(9)15(19)13(14)16-17-11-7-3-4-8-12(11)20-16/h1-8,13H. The summed E-state index contributed by atoms with van der Waals surface area (Å²) in [6.45, 7) is 0. The number of thiazole rings is 1. The van der Waals surface area contributed by atoms with Gasteiger partial charge in [0.05, 0.1) is 10.2 Å². The summed E-state index contributed by atoms with van der Waals surface area (Å²) in [5, 5.41) is 0.595. The third-order valence-electron chi connectivity index (χ3n) is 3.54. The molecule has 0 saturated heterocycles. The molecule has 1 aromatic heterocycles. The lowest BCUT2D eigenvalue weighted by Gasteiger charge is -2.00. The van der Waals surface area contributed by atoms with Gasteiger partial charge in [0.25, 0.3) is 0 Å². The van der Waals surface area contributed by atoms with Gasteiger partial charge in [-0.25, -0.2) is 4.98 Å². The van der Waals surface area contributed by atoms with Crippen molar-refractivity contribution in [2.24, 2.45) is 0 Å². The summed E-state index contributed by atoms with van der Waals surface area (Å²) in [5.74, 6) is -1.03. The van der Waals surface area contributed by atoms with Crippen LogP contribution in [-0.4, -0.2) is 16.6 Å². The molecule has 20 heavy (non-hydrogen) atoms. The van der Waals surface area contributed by atoms with Crippen LogP contribution >= 0.6 is 11.3 Å². The summed E-state index contributed by atoms with van der Waals surface area (Å²) in [4.78, 5) is 29.3. The smallest absolute Gasteiger partial charge is 0.181 e. The number of carbonyl (C=O) groups is 2. The lowest BCUT2D eigenvalue weighted by molar-refractivity contribution is 0.0890. The number of fused-ring (bicyclic) bond motifs is 2. The minimum atomic E-state index is -0.759. The summed E-state index contributed by atoms with van der Waals surface area (Å²) in [5.41, 5.74) is 1.87. The van der Waals surface area contributed by atoms with Gasteiger partial charge < -0.3 is 0 Å². The Morgan fingerprint density at radius 1 is 0.850 bits per heavy atom. The van der Waals surface area contributed by atoms with Gasteiger partial charge in [-0.1, -0.05) is 36.4 Å². The number of hydrogen-bond acceptors (Lipinski definition) is 4. The van der Waals surface area contributed by atoms with E-state index in [1.54, 1.807) is 24.3 Å². The zero-order valence-corrected chi connectivity index (χ0v) is 11.2. The van der Waals surface area contributed by atoms with Crippen molar-refractivity contribution in [2.45, 2.75) is 5.92 Å². The molecule has 0 bridgehead atoms. The predicted octanol–water partition coefficient (Wildman–Crippen LogP) is 3.46. The number of para-hydroxylation sites is 1. The molecule has 2 aromatic carbocycles. The minimum Gasteiger partial charge on any atom is -0.293 e. The second-order valence-corrected chi connectivity index (χ2v) is 5.79. The summed E-state index contributed by atoms with van der Waals surface area (Å²) in [6.07, 6.45) is 0. The van der Waals surface area contributed by atoms with Gasteiger partial charge in [0.15, 0.2) is 11.6 Å². The predicted molar refractivity (Wildman–Crippen MR) is 77.5 cm³/mol. The van der Waals surface area contributed by atoms with E-state index in [1.807, 2.05) is 24.3 Å². The van der Waals surface area contributed by atoms with Crippen LogP contribution in [0.3, 0.4) is 0 Å². The molecule has 0 amide bonds. The highest BCUT2D eigenvalue weighted by Gasteiger charge is 2.41. The topological polar surface area (TPSA) is 47.0 Å². The van der Waals surface area contributed by atoms with E-state index < -0.39 is 5.92 Å². The number of carbonyl (C=O) groups excluding carboxylic acids is 2. The van der Waals surface area contributed by atoms with Gasteiger partial charge in [-0.2, -0.15) is 0 Å². The molecule has 96 valence electrons. The zero-order valence-electron chi connectivity index (χ0n) is 10.4. The van der Waals surface area contributed by atoms with Crippen LogP contribution in [0.15, 0.2) is 48.5 Å². The zero-order chi connectivity index (χ0) is 13.7. The molecule has 0 spiro atoms. The first kappa shape index (κ1) is 11.5. The van der Waals surface area contributed by atoms with Gasteiger partial charge in [-0.05, 0) is 12.1 Å². The molecule has 3 nitrogen and oxygen atoms in total. The summed E-state index contributed by atoms with van der Waals surface area (Å²) in [6, 6.07) is 14.7. The number of nitrogens with zero attached hydrogens (tertiary/aromatic N) is 1. The van der Waals surface area contributed by atoms with E-state index in [-0.39, 0.29) is 11.6 Å². The van der Waals surface area contributed by atoms with E-state index in [2.05, 4.69) is 4.98 Å². The highest BCUT2D eigenvalue weighted by Crippen LogP contribution is 2.37. The van der Waals surface area contributed by atoms with E-state index in [1.165, 1.54) is 11.3 Å². The van der Waals surface area contributed by atoms with Gasteiger partial charge in [0, 0.05) is 11.1 Å². The Hall–Kier alpha value is -2.33. The first-order valence-electron chi connectivity index (χ1n) is 6.28.